The Balaban J connectivity index is 1.35. The van der Waals surface area contributed by atoms with Crippen LogP contribution in [0.1, 0.15) is 50.5 Å². The highest BCUT2D eigenvalue weighted by Crippen LogP contribution is 2.36. The van der Waals surface area contributed by atoms with E-state index in [1.807, 2.05) is 30.3 Å². The second-order valence-electron chi connectivity index (χ2n) is 9.19. The zero-order chi connectivity index (χ0) is 22.8. The third kappa shape index (κ3) is 4.32. The lowest BCUT2D eigenvalue weighted by Gasteiger charge is -2.31. The molecule has 0 spiro atoms. The van der Waals surface area contributed by atoms with Gasteiger partial charge >= 0.3 is 0 Å². The standard InChI is InChI=1S/C28H32N2O2S/c1-2-3-8-17-29-21-27(26-11-6-7-12-28(26)29)23-15-18-30(19-16-23)33(31,32)25-14-13-22-9-4-5-10-24(22)20-25/h4-7,9-14,20-21,23H,2-3,8,15-19H2,1H3. The van der Waals surface area contributed by atoms with Crippen LogP contribution in [0.15, 0.2) is 77.8 Å². The van der Waals surface area contributed by atoms with Gasteiger partial charge < -0.3 is 4.57 Å². The molecule has 0 amide bonds. The fraction of sp³-hybridized carbons (Fsp3) is 0.357. The molecule has 0 aliphatic carbocycles. The Hall–Kier alpha value is -2.63. The molecule has 1 fully saturated rings. The van der Waals surface area contributed by atoms with Gasteiger partial charge in [0.2, 0.25) is 10.0 Å². The number of nitrogens with zero attached hydrogens (tertiary/aromatic N) is 2. The molecule has 172 valence electrons. The second-order valence-corrected chi connectivity index (χ2v) is 11.1. The molecule has 1 aromatic heterocycles. The predicted molar refractivity (Wildman–Crippen MR) is 136 cm³/mol. The maximum Gasteiger partial charge on any atom is 0.243 e. The van der Waals surface area contributed by atoms with Gasteiger partial charge in [-0.05, 0) is 59.7 Å². The average Bonchev–Trinajstić information content (AvgIpc) is 3.23. The molecular weight excluding hydrogens is 428 g/mol. The summed E-state index contributed by atoms with van der Waals surface area (Å²) in [6, 6.07) is 22.0. The molecule has 0 bridgehead atoms. The maximum absolute atomic E-state index is 13.4. The smallest absolute Gasteiger partial charge is 0.243 e. The van der Waals surface area contributed by atoms with Gasteiger partial charge in [0.1, 0.15) is 0 Å². The van der Waals surface area contributed by atoms with Gasteiger partial charge in [0.25, 0.3) is 0 Å². The third-order valence-corrected chi connectivity index (χ3v) is 8.97. The molecule has 0 radical (unpaired) electrons. The van der Waals surface area contributed by atoms with Gasteiger partial charge in [0.15, 0.2) is 0 Å². The van der Waals surface area contributed by atoms with E-state index in [-0.39, 0.29) is 0 Å². The van der Waals surface area contributed by atoms with Gasteiger partial charge in [0, 0.05) is 36.7 Å². The lowest BCUT2D eigenvalue weighted by molar-refractivity contribution is 0.320. The van der Waals surface area contributed by atoms with Crippen LogP contribution in [0.25, 0.3) is 21.7 Å². The van der Waals surface area contributed by atoms with Crippen LogP contribution in [-0.2, 0) is 16.6 Å². The molecule has 2 heterocycles. The summed E-state index contributed by atoms with van der Waals surface area (Å²) in [5.41, 5.74) is 2.68. The van der Waals surface area contributed by atoms with Crippen LogP contribution in [0.4, 0.5) is 0 Å². The molecule has 1 aliphatic rings. The lowest BCUT2D eigenvalue weighted by Crippen LogP contribution is -2.37. The van der Waals surface area contributed by atoms with Crippen molar-refractivity contribution < 1.29 is 8.42 Å². The first kappa shape index (κ1) is 22.2. The molecule has 0 atom stereocenters. The molecule has 1 aliphatic heterocycles. The normalized spacial score (nSPS) is 16.0. The van der Waals surface area contributed by atoms with Crippen LogP contribution in [0.3, 0.4) is 0 Å². The van der Waals surface area contributed by atoms with E-state index < -0.39 is 10.0 Å². The second kappa shape index (κ2) is 9.32. The van der Waals surface area contributed by atoms with Crippen molar-refractivity contribution in [2.24, 2.45) is 0 Å². The first-order valence-corrected chi connectivity index (χ1v) is 13.6. The Morgan fingerprint density at radius 1 is 0.879 bits per heavy atom. The molecule has 1 saturated heterocycles. The average molecular weight is 461 g/mol. The van der Waals surface area contributed by atoms with Crippen LogP contribution in [0.2, 0.25) is 0 Å². The molecule has 5 heteroatoms. The highest BCUT2D eigenvalue weighted by Gasteiger charge is 2.31. The summed E-state index contributed by atoms with van der Waals surface area (Å²) in [6.07, 6.45) is 7.70. The molecule has 3 aromatic carbocycles. The first-order chi connectivity index (χ1) is 16.1. The van der Waals surface area contributed by atoms with Gasteiger partial charge in [-0.1, -0.05) is 68.3 Å². The van der Waals surface area contributed by atoms with Gasteiger partial charge in [-0.3, -0.25) is 0 Å². The Kier molecular flexibility index (Phi) is 6.26. The first-order valence-electron chi connectivity index (χ1n) is 12.1. The number of unbranched alkanes of at least 4 members (excludes halogenated alkanes) is 2. The van der Waals surface area contributed by atoms with Crippen molar-refractivity contribution >= 4 is 31.7 Å². The summed E-state index contributed by atoms with van der Waals surface area (Å²) in [6.45, 7) is 4.41. The summed E-state index contributed by atoms with van der Waals surface area (Å²) in [7, 11) is -3.48. The summed E-state index contributed by atoms with van der Waals surface area (Å²) in [5.74, 6) is 0.394. The Morgan fingerprint density at radius 3 is 2.39 bits per heavy atom. The van der Waals surface area contributed by atoms with Gasteiger partial charge in [-0.25, -0.2) is 8.42 Å². The van der Waals surface area contributed by atoms with Crippen LogP contribution in [-0.4, -0.2) is 30.4 Å². The highest BCUT2D eigenvalue weighted by atomic mass is 32.2. The third-order valence-electron chi connectivity index (χ3n) is 7.07. The minimum atomic E-state index is -3.48. The number of aromatic nitrogens is 1. The monoisotopic (exact) mass is 460 g/mol. The van der Waals surface area contributed by atoms with E-state index >= 15 is 0 Å². The number of hydrogen-bond acceptors (Lipinski definition) is 2. The van der Waals surface area contributed by atoms with Crippen molar-refractivity contribution in [1.29, 1.82) is 0 Å². The summed E-state index contributed by atoms with van der Waals surface area (Å²) < 4.78 is 30.8. The number of hydrogen-bond donors (Lipinski definition) is 0. The van der Waals surface area contributed by atoms with E-state index in [1.54, 1.807) is 16.4 Å². The number of sulfonamides is 1. The van der Waals surface area contributed by atoms with Crippen molar-refractivity contribution in [3.63, 3.8) is 0 Å². The summed E-state index contributed by atoms with van der Waals surface area (Å²) in [4.78, 5) is 0.396. The van der Waals surface area contributed by atoms with E-state index in [0.717, 1.165) is 30.2 Å². The molecule has 0 saturated carbocycles. The summed E-state index contributed by atoms with van der Waals surface area (Å²) in [5, 5.41) is 3.35. The van der Waals surface area contributed by atoms with Crippen molar-refractivity contribution in [3.05, 3.63) is 78.5 Å². The zero-order valence-corrected chi connectivity index (χ0v) is 20.1. The molecule has 0 unspecified atom stereocenters. The number of rotatable bonds is 7. The number of benzene rings is 3. The van der Waals surface area contributed by atoms with E-state index in [0.29, 0.717) is 23.9 Å². The zero-order valence-electron chi connectivity index (χ0n) is 19.3. The SMILES string of the molecule is CCCCCn1cc(C2CCN(S(=O)(=O)c3ccc4ccccc4c3)CC2)c2ccccc21. The van der Waals surface area contributed by atoms with Crippen molar-refractivity contribution in [2.45, 2.75) is 56.4 Å². The van der Waals surface area contributed by atoms with Crippen LogP contribution in [0, 0.1) is 0 Å². The number of aryl methyl sites for hydroxylation is 1. The number of para-hydroxylation sites is 1. The van der Waals surface area contributed by atoms with E-state index in [4.69, 9.17) is 0 Å². The molecule has 0 N–H and O–H groups in total. The fourth-order valence-corrected chi connectivity index (χ4v) is 6.71. The number of piperidine rings is 1. The minimum Gasteiger partial charge on any atom is -0.347 e. The minimum absolute atomic E-state index is 0.394. The van der Waals surface area contributed by atoms with Crippen LogP contribution in [0.5, 0.6) is 0 Å². The number of fused-ring (bicyclic) bond motifs is 2. The van der Waals surface area contributed by atoms with E-state index in [1.165, 1.54) is 35.7 Å². The fourth-order valence-electron chi connectivity index (χ4n) is 5.20. The van der Waals surface area contributed by atoms with Crippen LogP contribution >= 0.6 is 0 Å². The van der Waals surface area contributed by atoms with Crippen molar-refractivity contribution in [1.82, 2.24) is 8.87 Å². The van der Waals surface area contributed by atoms with E-state index in [2.05, 4.69) is 42.0 Å². The van der Waals surface area contributed by atoms with E-state index in [9.17, 15) is 8.42 Å². The molecule has 5 rings (SSSR count). The Labute approximate surface area is 196 Å². The highest BCUT2D eigenvalue weighted by molar-refractivity contribution is 7.89. The van der Waals surface area contributed by atoms with Crippen LogP contribution < -0.4 is 0 Å². The molecule has 4 nitrogen and oxygen atoms in total. The quantitative estimate of drug-likeness (QED) is 0.293. The molecule has 4 aromatic rings. The Morgan fingerprint density at radius 2 is 1.61 bits per heavy atom. The maximum atomic E-state index is 13.4. The van der Waals surface area contributed by atoms with Gasteiger partial charge in [-0.15, -0.1) is 0 Å². The largest absolute Gasteiger partial charge is 0.347 e. The molecule has 33 heavy (non-hydrogen) atoms. The van der Waals surface area contributed by atoms with Gasteiger partial charge in [0.05, 0.1) is 4.90 Å². The lowest BCUT2D eigenvalue weighted by atomic mass is 9.90. The van der Waals surface area contributed by atoms with Crippen molar-refractivity contribution in [3.8, 4) is 0 Å². The topological polar surface area (TPSA) is 42.3 Å². The predicted octanol–water partition coefficient (Wildman–Crippen LogP) is 6.55. The molecular formula is C28H32N2O2S. The van der Waals surface area contributed by atoms with Crippen molar-refractivity contribution in [2.75, 3.05) is 13.1 Å². The van der Waals surface area contributed by atoms with Gasteiger partial charge in [-0.2, -0.15) is 4.31 Å². The summed E-state index contributed by atoms with van der Waals surface area (Å²) >= 11 is 0. The Bertz CT molecular complexity index is 1370.